The molecule has 12 heteroatoms. The number of amidine groups is 1. The second kappa shape index (κ2) is 12.3. The zero-order valence-electron chi connectivity index (χ0n) is 22.2. The van der Waals surface area contributed by atoms with Crippen LogP contribution in [0.15, 0.2) is 14.8 Å². The van der Waals surface area contributed by atoms with Crippen molar-refractivity contribution in [3.63, 3.8) is 0 Å². The first kappa shape index (κ1) is 26.8. The zero-order valence-corrected chi connectivity index (χ0v) is 22.2. The van der Waals surface area contributed by atoms with E-state index in [0.29, 0.717) is 36.7 Å². The quantitative estimate of drug-likeness (QED) is 0.126. The molecule has 202 valence electrons. The van der Waals surface area contributed by atoms with Crippen LogP contribution in [0.5, 0.6) is 0 Å². The van der Waals surface area contributed by atoms with E-state index >= 15 is 0 Å². The summed E-state index contributed by atoms with van der Waals surface area (Å²) in [6.07, 6.45) is 9.78. The van der Waals surface area contributed by atoms with Crippen molar-refractivity contribution in [1.82, 2.24) is 25.2 Å². The van der Waals surface area contributed by atoms with Crippen molar-refractivity contribution in [2.24, 2.45) is 27.7 Å². The SMILES string of the molecule is C=Nc1nc(/C(N)=N/O)nc(N[C@H](C)C2CCC2)c1N(CC1CCCCC1)CN(C)Cc1nonc1C. The van der Waals surface area contributed by atoms with E-state index in [1.54, 1.807) is 0 Å². The van der Waals surface area contributed by atoms with Gasteiger partial charge in [-0.3, -0.25) is 4.90 Å². The molecule has 2 aromatic heterocycles. The number of aromatic nitrogens is 4. The number of hydrogen-bond acceptors (Lipinski definition) is 11. The Morgan fingerprint density at radius 3 is 2.54 bits per heavy atom. The highest BCUT2D eigenvalue weighted by Crippen LogP contribution is 2.38. The van der Waals surface area contributed by atoms with Crippen LogP contribution in [0.2, 0.25) is 0 Å². The van der Waals surface area contributed by atoms with Crippen molar-refractivity contribution in [2.75, 3.05) is 30.5 Å². The fraction of sp³-hybridized carbons (Fsp3) is 0.680. The van der Waals surface area contributed by atoms with Gasteiger partial charge in [0.1, 0.15) is 17.1 Å². The summed E-state index contributed by atoms with van der Waals surface area (Å²) in [4.78, 5) is 18.0. The molecule has 0 spiro atoms. The highest BCUT2D eigenvalue weighted by Gasteiger charge is 2.29. The van der Waals surface area contributed by atoms with Gasteiger partial charge in [0.2, 0.25) is 11.7 Å². The largest absolute Gasteiger partial charge is 0.409 e. The average Bonchev–Trinajstić information content (AvgIpc) is 3.26. The monoisotopic (exact) mass is 512 g/mol. The summed E-state index contributed by atoms with van der Waals surface area (Å²) in [6.45, 7) is 9.87. The fourth-order valence-electron chi connectivity index (χ4n) is 5.27. The molecule has 1 atom stereocenters. The number of hydrogen-bond donors (Lipinski definition) is 3. The van der Waals surface area contributed by atoms with Gasteiger partial charge in [0, 0.05) is 19.1 Å². The van der Waals surface area contributed by atoms with Crippen LogP contribution in [0, 0.1) is 18.8 Å². The van der Waals surface area contributed by atoms with Crippen molar-refractivity contribution >= 4 is 29.9 Å². The van der Waals surface area contributed by atoms with E-state index in [9.17, 15) is 5.21 Å². The predicted octanol–water partition coefficient (Wildman–Crippen LogP) is 3.67. The molecule has 0 bridgehead atoms. The Bertz CT molecular complexity index is 1080. The molecule has 0 unspecified atom stereocenters. The van der Waals surface area contributed by atoms with E-state index in [1.807, 2.05) is 14.0 Å². The van der Waals surface area contributed by atoms with Gasteiger partial charge in [-0.15, -0.1) is 0 Å². The Hall–Kier alpha value is -3.28. The summed E-state index contributed by atoms with van der Waals surface area (Å²) >= 11 is 0. The van der Waals surface area contributed by atoms with E-state index in [2.05, 4.69) is 54.2 Å². The van der Waals surface area contributed by atoms with Crippen LogP contribution in [0.3, 0.4) is 0 Å². The summed E-state index contributed by atoms with van der Waals surface area (Å²) in [6, 6.07) is 0.207. The molecule has 2 aromatic rings. The summed E-state index contributed by atoms with van der Waals surface area (Å²) in [5.74, 6) is 2.11. The van der Waals surface area contributed by atoms with Crippen LogP contribution in [-0.4, -0.2) is 69.2 Å². The summed E-state index contributed by atoms with van der Waals surface area (Å²) < 4.78 is 4.90. The predicted molar refractivity (Wildman–Crippen MR) is 143 cm³/mol. The van der Waals surface area contributed by atoms with Crippen LogP contribution in [-0.2, 0) is 6.54 Å². The summed E-state index contributed by atoms with van der Waals surface area (Å²) in [7, 11) is 2.04. The first-order valence-corrected chi connectivity index (χ1v) is 13.2. The maximum atomic E-state index is 9.30. The van der Waals surface area contributed by atoms with Gasteiger partial charge in [0.15, 0.2) is 11.6 Å². The van der Waals surface area contributed by atoms with E-state index < -0.39 is 0 Å². The number of rotatable bonds is 12. The molecule has 2 heterocycles. The second-order valence-corrected chi connectivity index (χ2v) is 10.5. The molecular formula is C25H40N10O2. The van der Waals surface area contributed by atoms with Gasteiger partial charge in [-0.2, -0.15) is 0 Å². The molecule has 2 saturated carbocycles. The maximum absolute atomic E-state index is 9.30. The maximum Gasteiger partial charge on any atom is 0.208 e. The van der Waals surface area contributed by atoms with Crippen LogP contribution in [0.25, 0.3) is 0 Å². The highest BCUT2D eigenvalue weighted by molar-refractivity contribution is 5.95. The average molecular weight is 513 g/mol. The zero-order chi connectivity index (χ0) is 26.4. The number of nitrogens with one attached hydrogen (secondary N) is 1. The number of nitrogens with two attached hydrogens (primary N) is 1. The van der Waals surface area contributed by atoms with E-state index in [4.69, 9.17) is 15.3 Å². The first-order chi connectivity index (χ1) is 17.9. The van der Waals surface area contributed by atoms with Crippen molar-refractivity contribution in [3.8, 4) is 0 Å². The van der Waals surface area contributed by atoms with Crippen LogP contribution in [0.1, 0.15) is 75.5 Å². The lowest BCUT2D eigenvalue weighted by Gasteiger charge is -2.37. The highest BCUT2D eigenvalue weighted by atomic mass is 16.6. The molecule has 12 nitrogen and oxygen atoms in total. The molecule has 0 aliphatic heterocycles. The molecule has 0 saturated heterocycles. The minimum absolute atomic E-state index is 0.118. The summed E-state index contributed by atoms with van der Waals surface area (Å²) in [5.41, 5.74) is 8.27. The van der Waals surface area contributed by atoms with Gasteiger partial charge in [0.25, 0.3) is 0 Å². The summed E-state index contributed by atoms with van der Waals surface area (Å²) in [5, 5.41) is 24.0. The fourth-order valence-corrected chi connectivity index (χ4v) is 5.27. The van der Waals surface area contributed by atoms with Gasteiger partial charge in [0.05, 0.1) is 6.67 Å². The molecule has 0 amide bonds. The number of anilines is 2. The van der Waals surface area contributed by atoms with Crippen molar-refractivity contribution < 1.29 is 9.84 Å². The molecule has 37 heavy (non-hydrogen) atoms. The van der Waals surface area contributed by atoms with Gasteiger partial charge in [-0.05, 0) is 65.1 Å². The third kappa shape index (κ3) is 6.54. The number of nitrogens with zero attached hydrogens (tertiary/aromatic N) is 8. The molecule has 2 aliphatic rings. The van der Waals surface area contributed by atoms with E-state index in [-0.39, 0.29) is 17.7 Å². The topological polar surface area (TPSA) is 154 Å². The molecule has 2 aliphatic carbocycles. The lowest BCUT2D eigenvalue weighted by Crippen LogP contribution is -2.40. The third-order valence-electron chi connectivity index (χ3n) is 7.67. The van der Waals surface area contributed by atoms with Gasteiger partial charge < -0.3 is 21.2 Å². The van der Waals surface area contributed by atoms with E-state index in [0.717, 1.165) is 23.6 Å². The third-order valence-corrected chi connectivity index (χ3v) is 7.67. The smallest absolute Gasteiger partial charge is 0.208 e. The Labute approximate surface area is 218 Å². The van der Waals surface area contributed by atoms with Gasteiger partial charge in [-0.1, -0.05) is 41.2 Å². The van der Waals surface area contributed by atoms with Crippen LogP contribution >= 0.6 is 0 Å². The molecule has 2 fully saturated rings. The Morgan fingerprint density at radius 2 is 1.95 bits per heavy atom. The number of aliphatic imine (C=N–C) groups is 1. The van der Waals surface area contributed by atoms with Gasteiger partial charge >= 0.3 is 0 Å². The van der Waals surface area contributed by atoms with Crippen LogP contribution in [0.4, 0.5) is 17.3 Å². The normalized spacial score (nSPS) is 18.0. The lowest BCUT2D eigenvalue weighted by molar-refractivity contribution is 0.274. The van der Waals surface area contributed by atoms with Crippen LogP contribution < -0.4 is 16.0 Å². The molecular weight excluding hydrogens is 472 g/mol. The number of aryl methyl sites for hydroxylation is 1. The van der Waals surface area contributed by atoms with Gasteiger partial charge in [-0.25, -0.2) is 19.6 Å². The van der Waals surface area contributed by atoms with Crippen molar-refractivity contribution in [3.05, 3.63) is 17.2 Å². The Kier molecular flexibility index (Phi) is 8.91. The molecule has 4 rings (SSSR count). The Balaban J connectivity index is 1.71. The standard InChI is InChI=1S/C25H40N10O2/c1-16(19-11-8-12-19)28-24-21(23(27-3)29-25(30-24)22(26)31-36)35(13-18-9-6-5-7-10-18)15-34(4)14-20-17(2)32-37-33-20/h16,18-19,36H,3,5-15H2,1-2,4H3,(H2,26,31)(H,28,29,30)/t16-/m1/s1. The Morgan fingerprint density at radius 1 is 1.19 bits per heavy atom. The molecule has 4 N–H and O–H groups in total. The van der Waals surface area contributed by atoms with Crippen molar-refractivity contribution in [2.45, 2.75) is 77.8 Å². The second-order valence-electron chi connectivity index (χ2n) is 10.5. The lowest BCUT2D eigenvalue weighted by atomic mass is 9.80. The van der Waals surface area contributed by atoms with Crippen molar-refractivity contribution in [1.29, 1.82) is 0 Å². The minimum atomic E-state index is -0.166. The van der Waals surface area contributed by atoms with E-state index in [1.165, 1.54) is 51.4 Å². The minimum Gasteiger partial charge on any atom is -0.409 e. The molecule has 0 radical (unpaired) electrons. The number of oxime groups is 1. The first-order valence-electron chi connectivity index (χ1n) is 13.2. The molecule has 0 aromatic carbocycles.